The summed E-state index contributed by atoms with van der Waals surface area (Å²) in [6.45, 7) is 3.11. The molecule has 1 aliphatic heterocycles. The van der Waals surface area contributed by atoms with E-state index in [0.717, 1.165) is 18.5 Å². The summed E-state index contributed by atoms with van der Waals surface area (Å²) < 4.78 is 12.8. The Balaban J connectivity index is 1.62. The molecule has 1 aliphatic rings. The van der Waals surface area contributed by atoms with Crippen LogP contribution >= 0.6 is 0 Å². The van der Waals surface area contributed by atoms with Crippen LogP contribution in [0.2, 0.25) is 0 Å². The first-order chi connectivity index (χ1) is 12.5. The molecular weight excluding hydrogens is 332 g/mol. The molecule has 2 aromatic rings. The molecule has 6 nitrogen and oxygen atoms in total. The highest BCUT2D eigenvalue weighted by Crippen LogP contribution is 2.23. The maximum atomic E-state index is 12.7. The summed E-state index contributed by atoms with van der Waals surface area (Å²) in [5, 5.41) is 0. The molecule has 0 N–H and O–H groups in total. The van der Waals surface area contributed by atoms with Gasteiger partial charge in [0.25, 0.3) is 11.5 Å². The molecule has 138 valence electrons. The molecule has 0 radical (unpaired) electrons. The lowest BCUT2D eigenvalue weighted by Gasteiger charge is -2.32. The third-order valence-corrected chi connectivity index (χ3v) is 4.85. The van der Waals surface area contributed by atoms with Crippen molar-refractivity contribution in [3.05, 3.63) is 58.0 Å². The Hall–Kier alpha value is -2.76. The van der Waals surface area contributed by atoms with Gasteiger partial charge in [0.15, 0.2) is 0 Å². The maximum absolute atomic E-state index is 12.7. The molecule has 0 atom stereocenters. The molecule has 6 heteroatoms. The third kappa shape index (κ3) is 3.74. The van der Waals surface area contributed by atoms with Gasteiger partial charge in [0.05, 0.1) is 12.7 Å². The van der Waals surface area contributed by atoms with Crippen LogP contribution in [-0.4, -0.2) is 41.7 Å². The number of ether oxygens (including phenoxy) is 2. The van der Waals surface area contributed by atoms with Crippen molar-refractivity contribution < 1.29 is 14.3 Å². The van der Waals surface area contributed by atoms with Crippen molar-refractivity contribution in [3.63, 3.8) is 0 Å². The minimum absolute atomic E-state index is 0.00299. The predicted octanol–water partition coefficient (Wildman–Crippen LogP) is 2.39. The van der Waals surface area contributed by atoms with Crippen LogP contribution in [0.4, 0.5) is 0 Å². The van der Waals surface area contributed by atoms with Gasteiger partial charge in [0, 0.05) is 44.7 Å². The molecule has 1 aromatic heterocycles. The Labute approximate surface area is 153 Å². The number of carbonyl (C=O) groups is 1. The normalized spacial score (nSPS) is 15.0. The van der Waals surface area contributed by atoms with E-state index < -0.39 is 0 Å². The van der Waals surface area contributed by atoms with Crippen LogP contribution in [-0.2, 0) is 7.05 Å². The van der Waals surface area contributed by atoms with Crippen LogP contribution in [0.15, 0.2) is 41.2 Å². The number of carbonyl (C=O) groups excluding carboxylic acids is 1. The molecule has 1 fully saturated rings. The Morgan fingerprint density at radius 2 is 1.85 bits per heavy atom. The van der Waals surface area contributed by atoms with E-state index in [9.17, 15) is 9.59 Å². The van der Waals surface area contributed by atoms with E-state index in [2.05, 4.69) is 0 Å². The monoisotopic (exact) mass is 356 g/mol. The standard InChI is InChI=1S/C20H24N2O4/c1-14-12-16(13-19(23)21(14)2)26-15-8-10-22(11-9-15)20(24)17-6-4-5-7-18(17)25-3/h4-7,12-13,15H,8-11H2,1-3H3. The van der Waals surface area contributed by atoms with Gasteiger partial charge in [-0.25, -0.2) is 0 Å². The van der Waals surface area contributed by atoms with E-state index in [4.69, 9.17) is 9.47 Å². The van der Waals surface area contributed by atoms with Crippen LogP contribution in [0.25, 0.3) is 0 Å². The van der Waals surface area contributed by atoms with Gasteiger partial charge in [0.1, 0.15) is 17.6 Å². The first-order valence-corrected chi connectivity index (χ1v) is 8.76. The van der Waals surface area contributed by atoms with Gasteiger partial charge >= 0.3 is 0 Å². The van der Waals surface area contributed by atoms with Crippen molar-refractivity contribution in [1.29, 1.82) is 0 Å². The number of hydrogen-bond donors (Lipinski definition) is 0. The lowest BCUT2D eigenvalue weighted by molar-refractivity contribution is 0.0592. The topological polar surface area (TPSA) is 60.8 Å². The van der Waals surface area contributed by atoms with E-state index in [0.29, 0.717) is 30.2 Å². The molecule has 0 unspecified atom stereocenters. The summed E-state index contributed by atoms with van der Waals surface area (Å²) in [5.41, 5.74) is 1.36. The average Bonchev–Trinajstić information content (AvgIpc) is 2.66. The summed E-state index contributed by atoms with van der Waals surface area (Å²) in [6.07, 6.45) is 1.47. The van der Waals surface area contributed by atoms with Crippen molar-refractivity contribution in [2.24, 2.45) is 7.05 Å². The number of aromatic nitrogens is 1. The molecule has 0 saturated carbocycles. The fraction of sp³-hybridized carbons (Fsp3) is 0.400. The zero-order chi connectivity index (χ0) is 18.7. The van der Waals surface area contributed by atoms with Gasteiger partial charge in [-0.1, -0.05) is 12.1 Å². The lowest BCUT2D eigenvalue weighted by atomic mass is 10.1. The molecule has 26 heavy (non-hydrogen) atoms. The Morgan fingerprint density at radius 1 is 1.15 bits per heavy atom. The van der Waals surface area contributed by atoms with Crippen molar-refractivity contribution in [2.75, 3.05) is 20.2 Å². The molecule has 1 aromatic carbocycles. The van der Waals surface area contributed by atoms with Gasteiger partial charge in [-0.2, -0.15) is 0 Å². The highest BCUT2D eigenvalue weighted by atomic mass is 16.5. The van der Waals surface area contributed by atoms with Gasteiger partial charge < -0.3 is 18.9 Å². The average molecular weight is 356 g/mol. The number of methoxy groups -OCH3 is 1. The molecule has 2 heterocycles. The summed E-state index contributed by atoms with van der Waals surface area (Å²) in [6, 6.07) is 10.6. The second-order valence-corrected chi connectivity index (χ2v) is 6.54. The largest absolute Gasteiger partial charge is 0.496 e. The SMILES string of the molecule is COc1ccccc1C(=O)N1CCC(Oc2cc(C)n(C)c(=O)c2)CC1. The Kier molecular flexibility index (Phi) is 5.30. The molecule has 1 amide bonds. The molecule has 0 bridgehead atoms. The highest BCUT2D eigenvalue weighted by molar-refractivity contribution is 5.97. The number of likely N-dealkylation sites (tertiary alicyclic amines) is 1. The summed E-state index contributed by atoms with van der Waals surface area (Å²) in [7, 11) is 3.31. The first kappa shape index (κ1) is 18.0. The van der Waals surface area contributed by atoms with E-state index in [-0.39, 0.29) is 17.6 Å². The molecule has 0 aliphatic carbocycles. The van der Waals surface area contributed by atoms with E-state index in [1.165, 1.54) is 6.07 Å². The highest BCUT2D eigenvalue weighted by Gasteiger charge is 2.26. The van der Waals surface area contributed by atoms with Crippen molar-refractivity contribution in [1.82, 2.24) is 9.47 Å². The number of para-hydroxylation sites is 1. The van der Waals surface area contributed by atoms with Crippen LogP contribution in [0.3, 0.4) is 0 Å². The zero-order valence-electron chi connectivity index (χ0n) is 15.4. The summed E-state index contributed by atoms with van der Waals surface area (Å²) >= 11 is 0. The molecule has 0 spiro atoms. The number of piperidine rings is 1. The van der Waals surface area contributed by atoms with E-state index in [1.807, 2.05) is 30.0 Å². The smallest absolute Gasteiger partial charge is 0.257 e. The summed E-state index contributed by atoms with van der Waals surface area (Å²) in [4.78, 5) is 26.4. The van der Waals surface area contributed by atoms with Gasteiger partial charge in [-0.05, 0) is 25.1 Å². The fourth-order valence-corrected chi connectivity index (χ4v) is 3.17. The number of pyridine rings is 1. The number of rotatable bonds is 4. The number of nitrogens with zero attached hydrogens (tertiary/aromatic N) is 2. The van der Waals surface area contributed by atoms with Gasteiger partial charge in [0.2, 0.25) is 0 Å². The maximum Gasteiger partial charge on any atom is 0.257 e. The Morgan fingerprint density at radius 3 is 2.50 bits per heavy atom. The minimum atomic E-state index is -0.0798. The molecule has 1 saturated heterocycles. The first-order valence-electron chi connectivity index (χ1n) is 8.76. The fourth-order valence-electron chi connectivity index (χ4n) is 3.17. The number of amides is 1. The zero-order valence-corrected chi connectivity index (χ0v) is 15.4. The second-order valence-electron chi connectivity index (χ2n) is 6.54. The number of benzene rings is 1. The Bertz CT molecular complexity index is 851. The second kappa shape index (κ2) is 7.64. The number of aryl methyl sites for hydroxylation is 1. The van der Waals surface area contributed by atoms with Crippen molar-refractivity contribution in [3.8, 4) is 11.5 Å². The van der Waals surface area contributed by atoms with Crippen LogP contribution < -0.4 is 15.0 Å². The van der Waals surface area contributed by atoms with Gasteiger partial charge in [-0.15, -0.1) is 0 Å². The van der Waals surface area contributed by atoms with Crippen molar-refractivity contribution >= 4 is 5.91 Å². The quantitative estimate of drug-likeness (QED) is 0.844. The minimum Gasteiger partial charge on any atom is -0.496 e. The van der Waals surface area contributed by atoms with Crippen LogP contribution in [0.5, 0.6) is 11.5 Å². The summed E-state index contributed by atoms with van der Waals surface area (Å²) in [5.74, 6) is 1.16. The van der Waals surface area contributed by atoms with E-state index in [1.54, 1.807) is 30.9 Å². The predicted molar refractivity (Wildman–Crippen MR) is 99.0 cm³/mol. The van der Waals surface area contributed by atoms with Gasteiger partial charge in [-0.3, -0.25) is 9.59 Å². The van der Waals surface area contributed by atoms with Crippen LogP contribution in [0.1, 0.15) is 28.9 Å². The van der Waals surface area contributed by atoms with Crippen molar-refractivity contribution in [2.45, 2.75) is 25.9 Å². The lowest BCUT2D eigenvalue weighted by Crippen LogP contribution is -2.42. The van der Waals surface area contributed by atoms with E-state index >= 15 is 0 Å². The van der Waals surface area contributed by atoms with Crippen LogP contribution in [0, 0.1) is 6.92 Å². The number of hydrogen-bond acceptors (Lipinski definition) is 4. The third-order valence-electron chi connectivity index (χ3n) is 4.85. The molecular formula is C20H24N2O4. The molecule has 3 rings (SSSR count).